The number of anilines is 1. The number of hydrogen-bond donors (Lipinski definition) is 1. The molecule has 1 aliphatic rings. The van der Waals surface area contributed by atoms with E-state index >= 15 is 0 Å². The fourth-order valence-corrected chi connectivity index (χ4v) is 2.88. The van der Waals surface area contributed by atoms with E-state index in [4.69, 9.17) is 0 Å². The molecule has 2 nitrogen and oxygen atoms in total. The molecule has 1 N–H and O–H groups in total. The molecule has 1 unspecified atom stereocenters. The van der Waals surface area contributed by atoms with Gasteiger partial charge in [0.25, 0.3) is 0 Å². The Balaban J connectivity index is 2.14. The third kappa shape index (κ3) is 3.26. The van der Waals surface area contributed by atoms with Gasteiger partial charge < -0.3 is 10.2 Å². The third-order valence-electron chi connectivity index (χ3n) is 3.83. The lowest BCUT2D eigenvalue weighted by atomic mass is 10.1. The first-order chi connectivity index (χ1) is 8.85. The summed E-state index contributed by atoms with van der Waals surface area (Å²) in [6.07, 6.45) is 4.92. The van der Waals surface area contributed by atoms with Crippen LogP contribution >= 0.6 is 0 Å². The normalized spacial score (nSPS) is 20.8. The highest BCUT2D eigenvalue weighted by Crippen LogP contribution is 2.22. The number of para-hydroxylation sites is 1. The molecule has 0 amide bonds. The standard InChI is InChI=1S/C16H26N2/c1-3-8-15-13-18(12-7-11-17-15)16-10-6-5-9-14(16)4-2/h5-6,9-10,15,17H,3-4,7-8,11-13H2,1-2H3. The smallest absolute Gasteiger partial charge is 0.0399 e. The zero-order valence-electron chi connectivity index (χ0n) is 11.8. The maximum Gasteiger partial charge on any atom is 0.0399 e. The van der Waals surface area contributed by atoms with Crippen LogP contribution in [-0.2, 0) is 6.42 Å². The Bertz CT molecular complexity index is 362. The van der Waals surface area contributed by atoms with Gasteiger partial charge >= 0.3 is 0 Å². The Labute approximate surface area is 111 Å². The van der Waals surface area contributed by atoms with Crippen LogP contribution in [0.15, 0.2) is 24.3 Å². The molecular weight excluding hydrogens is 220 g/mol. The van der Waals surface area contributed by atoms with E-state index in [1.54, 1.807) is 0 Å². The van der Waals surface area contributed by atoms with Gasteiger partial charge in [-0.05, 0) is 37.4 Å². The number of aryl methyl sites for hydroxylation is 1. The molecule has 1 heterocycles. The summed E-state index contributed by atoms with van der Waals surface area (Å²) in [5.74, 6) is 0. The van der Waals surface area contributed by atoms with E-state index in [-0.39, 0.29) is 0 Å². The number of rotatable bonds is 4. The Morgan fingerprint density at radius 3 is 2.89 bits per heavy atom. The average Bonchev–Trinajstić information content (AvgIpc) is 2.65. The van der Waals surface area contributed by atoms with Gasteiger partial charge in [-0.25, -0.2) is 0 Å². The molecule has 1 atom stereocenters. The molecule has 1 aromatic carbocycles. The van der Waals surface area contributed by atoms with Gasteiger partial charge in [0, 0.05) is 24.8 Å². The lowest BCUT2D eigenvalue weighted by molar-refractivity contribution is 0.502. The van der Waals surface area contributed by atoms with E-state index in [2.05, 4.69) is 48.3 Å². The van der Waals surface area contributed by atoms with Gasteiger partial charge in [0.15, 0.2) is 0 Å². The molecule has 18 heavy (non-hydrogen) atoms. The predicted molar refractivity (Wildman–Crippen MR) is 79.3 cm³/mol. The minimum Gasteiger partial charge on any atom is -0.370 e. The third-order valence-corrected chi connectivity index (χ3v) is 3.83. The van der Waals surface area contributed by atoms with Crippen molar-refractivity contribution in [2.45, 2.75) is 45.6 Å². The van der Waals surface area contributed by atoms with E-state index in [0.717, 1.165) is 19.5 Å². The van der Waals surface area contributed by atoms with Crippen molar-refractivity contribution in [1.82, 2.24) is 5.32 Å². The van der Waals surface area contributed by atoms with E-state index < -0.39 is 0 Å². The van der Waals surface area contributed by atoms with E-state index in [0.29, 0.717) is 6.04 Å². The van der Waals surface area contributed by atoms with Crippen LogP contribution < -0.4 is 10.2 Å². The van der Waals surface area contributed by atoms with Gasteiger partial charge in [-0.15, -0.1) is 0 Å². The van der Waals surface area contributed by atoms with Crippen LogP contribution in [0.2, 0.25) is 0 Å². The van der Waals surface area contributed by atoms with Crippen molar-refractivity contribution in [3.63, 3.8) is 0 Å². The molecule has 1 aromatic rings. The summed E-state index contributed by atoms with van der Waals surface area (Å²) < 4.78 is 0. The predicted octanol–water partition coefficient (Wildman–Crippen LogP) is 3.22. The molecule has 1 fully saturated rings. The minimum atomic E-state index is 0.655. The highest BCUT2D eigenvalue weighted by molar-refractivity contribution is 5.54. The Kier molecular flexibility index (Phi) is 5.06. The van der Waals surface area contributed by atoms with Gasteiger partial charge in [-0.1, -0.05) is 38.5 Å². The van der Waals surface area contributed by atoms with E-state index in [1.807, 2.05) is 0 Å². The van der Waals surface area contributed by atoms with Crippen LogP contribution in [0.25, 0.3) is 0 Å². The van der Waals surface area contributed by atoms with Gasteiger partial charge in [0.1, 0.15) is 0 Å². The monoisotopic (exact) mass is 246 g/mol. The highest BCUT2D eigenvalue weighted by Gasteiger charge is 2.18. The lowest BCUT2D eigenvalue weighted by Crippen LogP contribution is -2.37. The van der Waals surface area contributed by atoms with Gasteiger partial charge in [-0.3, -0.25) is 0 Å². The summed E-state index contributed by atoms with van der Waals surface area (Å²) in [6, 6.07) is 9.53. The molecule has 0 spiro atoms. The van der Waals surface area contributed by atoms with Crippen LogP contribution in [0, 0.1) is 0 Å². The Hall–Kier alpha value is -1.02. The van der Waals surface area contributed by atoms with Gasteiger partial charge in [-0.2, -0.15) is 0 Å². The first-order valence-electron chi connectivity index (χ1n) is 7.41. The summed E-state index contributed by atoms with van der Waals surface area (Å²) in [4.78, 5) is 2.58. The van der Waals surface area contributed by atoms with E-state index in [9.17, 15) is 0 Å². The molecule has 0 aliphatic carbocycles. The van der Waals surface area contributed by atoms with Crippen molar-refractivity contribution in [3.05, 3.63) is 29.8 Å². The molecule has 2 heteroatoms. The highest BCUT2D eigenvalue weighted by atomic mass is 15.2. The van der Waals surface area contributed by atoms with Crippen molar-refractivity contribution < 1.29 is 0 Å². The minimum absolute atomic E-state index is 0.655. The maximum absolute atomic E-state index is 3.68. The Morgan fingerprint density at radius 2 is 2.11 bits per heavy atom. The van der Waals surface area contributed by atoms with Crippen LogP contribution in [-0.4, -0.2) is 25.7 Å². The number of nitrogens with one attached hydrogen (secondary N) is 1. The molecular formula is C16H26N2. The van der Waals surface area contributed by atoms with Crippen molar-refractivity contribution >= 4 is 5.69 Å². The molecule has 0 aromatic heterocycles. The molecule has 1 saturated heterocycles. The first kappa shape index (κ1) is 13.4. The summed E-state index contributed by atoms with van der Waals surface area (Å²) >= 11 is 0. The number of hydrogen-bond acceptors (Lipinski definition) is 2. The topological polar surface area (TPSA) is 15.3 Å². The van der Waals surface area contributed by atoms with Crippen molar-refractivity contribution in [3.8, 4) is 0 Å². The molecule has 1 aliphatic heterocycles. The second kappa shape index (κ2) is 6.79. The molecule has 100 valence electrons. The van der Waals surface area contributed by atoms with Gasteiger partial charge in [0.2, 0.25) is 0 Å². The fourth-order valence-electron chi connectivity index (χ4n) is 2.88. The summed E-state index contributed by atoms with van der Waals surface area (Å²) in [7, 11) is 0. The Morgan fingerprint density at radius 1 is 1.28 bits per heavy atom. The second-order valence-corrected chi connectivity index (χ2v) is 5.22. The second-order valence-electron chi connectivity index (χ2n) is 5.22. The quantitative estimate of drug-likeness (QED) is 0.877. The molecule has 0 saturated carbocycles. The summed E-state index contributed by atoms with van der Waals surface area (Å²) in [5.41, 5.74) is 2.93. The molecule has 2 rings (SSSR count). The fraction of sp³-hybridized carbons (Fsp3) is 0.625. The van der Waals surface area contributed by atoms with Crippen molar-refractivity contribution in [2.24, 2.45) is 0 Å². The first-order valence-corrected chi connectivity index (χ1v) is 7.41. The summed E-state index contributed by atoms with van der Waals surface area (Å²) in [6.45, 7) is 8.03. The molecule has 0 radical (unpaired) electrons. The van der Waals surface area contributed by atoms with Gasteiger partial charge in [0.05, 0.1) is 0 Å². The maximum atomic E-state index is 3.68. The average molecular weight is 246 g/mol. The van der Waals surface area contributed by atoms with Crippen LogP contribution in [0.5, 0.6) is 0 Å². The van der Waals surface area contributed by atoms with Crippen LogP contribution in [0.1, 0.15) is 38.7 Å². The summed E-state index contributed by atoms with van der Waals surface area (Å²) in [5, 5.41) is 3.68. The number of nitrogens with zero attached hydrogens (tertiary/aromatic N) is 1. The SMILES string of the molecule is CCCC1CN(c2ccccc2CC)CCCN1. The number of benzene rings is 1. The zero-order valence-corrected chi connectivity index (χ0v) is 11.8. The lowest BCUT2D eigenvalue weighted by Gasteiger charge is -2.28. The van der Waals surface area contributed by atoms with Crippen molar-refractivity contribution in [1.29, 1.82) is 0 Å². The van der Waals surface area contributed by atoms with Crippen LogP contribution in [0.4, 0.5) is 5.69 Å². The zero-order chi connectivity index (χ0) is 12.8. The van der Waals surface area contributed by atoms with Crippen molar-refractivity contribution in [2.75, 3.05) is 24.5 Å². The van der Waals surface area contributed by atoms with E-state index in [1.165, 1.54) is 37.1 Å². The van der Waals surface area contributed by atoms with Crippen LogP contribution in [0.3, 0.4) is 0 Å². The molecule has 0 bridgehead atoms. The largest absolute Gasteiger partial charge is 0.370 e.